The van der Waals surface area contributed by atoms with Crippen LogP contribution in [-0.4, -0.2) is 27.7 Å². The van der Waals surface area contributed by atoms with Gasteiger partial charge in [-0.1, -0.05) is 6.42 Å². The molecular weight excluding hydrogens is 351 g/mol. The number of halogens is 3. The Kier molecular flexibility index (Phi) is 4.90. The fourth-order valence-electron chi connectivity index (χ4n) is 3.49. The van der Waals surface area contributed by atoms with Gasteiger partial charge in [0.25, 0.3) is 5.91 Å². The molecule has 1 aliphatic rings. The average Bonchev–Trinajstić information content (AvgIpc) is 3.14. The number of hydrogen-bond donors (Lipinski definition) is 1. The third-order valence-electron chi connectivity index (χ3n) is 4.76. The molecule has 1 aliphatic carbocycles. The van der Waals surface area contributed by atoms with Crippen LogP contribution in [0.2, 0.25) is 0 Å². The molecule has 0 spiro atoms. The molecule has 0 aromatic carbocycles. The van der Waals surface area contributed by atoms with Gasteiger partial charge in [-0.25, -0.2) is 4.98 Å². The molecule has 1 N–H and O–H groups in total. The molecule has 0 saturated heterocycles. The monoisotopic (exact) mass is 371 g/mol. The Morgan fingerprint density at radius 1 is 1.36 bits per heavy atom. The van der Waals surface area contributed by atoms with Gasteiger partial charge in [-0.05, 0) is 39.2 Å². The lowest BCUT2D eigenvalue weighted by Gasteiger charge is -2.31. The Hall–Kier alpha value is -1.83. The van der Waals surface area contributed by atoms with E-state index in [1.54, 1.807) is 12.3 Å². The van der Waals surface area contributed by atoms with E-state index in [9.17, 15) is 18.0 Å². The van der Waals surface area contributed by atoms with Crippen LogP contribution in [0.5, 0.6) is 0 Å². The third kappa shape index (κ3) is 3.73. The van der Waals surface area contributed by atoms with Gasteiger partial charge in [0, 0.05) is 29.0 Å². The van der Waals surface area contributed by atoms with E-state index in [4.69, 9.17) is 0 Å². The number of hydrogen-bond acceptors (Lipinski definition) is 3. The van der Waals surface area contributed by atoms with Gasteiger partial charge in [0.15, 0.2) is 5.13 Å². The number of carbonyl (C=O) groups excluding carboxylic acids is 1. The van der Waals surface area contributed by atoms with Crippen molar-refractivity contribution in [3.05, 3.63) is 34.6 Å². The molecule has 2 aromatic rings. The molecule has 0 aliphatic heterocycles. The second-order valence-electron chi connectivity index (χ2n) is 6.51. The van der Waals surface area contributed by atoms with E-state index in [1.165, 1.54) is 11.3 Å². The smallest absolute Gasteiger partial charge is 0.349 e. The van der Waals surface area contributed by atoms with Gasteiger partial charge in [0.2, 0.25) is 0 Å². The summed E-state index contributed by atoms with van der Waals surface area (Å²) in [6, 6.07) is 1.33. The molecule has 1 saturated carbocycles. The zero-order chi connectivity index (χ0) is 18.2. The third-order valence-corrected chi connectivity index (χ3v) is 5.52. The van der Waals surface area contributed by atoms with Crippen molar-refractivity contribution in [2.45, 2.75) is 51.7 Å². The van der Waals surface area contributed by atoms with Crippen molar-refractivity contribution in [3.8, 4) is 5.13 Å². The minimum atomic E-state index is -4.19. The van der Waals surface area contributed by atoms with Crippen LogP contribution in [-0.2, 0) is 0 Å². The van der Waals surface area contributed by atoms with E-state index in [0.717, 1.165) is 16.5 Å². The van der Waals surface area contributed by atoms with Crippen molar-refractivity contribution < 1.29 is 18.0 Å². The van der Waals surface area contributed by atoms with Crippen LogP contribution in [0.4, 0.5) is 13.2 Å². The summed E-state index contributed by atoms with van der Waals surface area (Å²) in [5.41, 5.74) is 2.10. The second-order valence-corrected chi connectivity index (χ2v) is 7.38. The molecule has 3 rings (SSSR count). The first-order valence-corrected chi connectivity index (χ1v) is 9.11. The maximum absolute atomic E-state index is 12.9. The Morgan fingerprint density at radius 2 is 2.12 bits per heavy atom. The standard InChI is InChI=1S/C17H20F3N3OS/c1-10-8-14(11(2)23(10)16-21-6-7-25-16)15(24)22-13-5-3-4-12(9-13)17(18,19)20/h6-8,12-13H,3-5,9H2,1-2H3,(H,22,24)/t12-,13-/m1/s1. The summed E-state index contributed by atoms with van der Waals surface area (Å²) < 4.78 is 40.7. The fourth-order valence-corrected chi connectivity index (χ4v) is 4.25. The van der Waals surface area contributed by atoms with E-state index in [0.29, 0.717) is 18.4 Å². The first-order chi connectivity index (χ1) is 11.8. The van der Waals surface area contributed by atoms with Crippen molar-refractivity contribution in [2.75, 3.05) is 0 Å². The summed E-state index contributed by atoms with van der Waals surface area (Å²) in [6.07, 6.45) is -1.33. The van der Waals surface area contributed by atoms with Crippen LogP contribution >= 0.6 is 11.3 Å². The number of nitrogens with zero attached hydrogens (tertiary/aromatic N) is 2. The number of carbonyl (C=O) groups is 1. The zero-order valence-electron chi connectivity index (χ0n) is 14.1. The number of alkyl halides is 3. The van der Waals surface area contributed by atoms with E-state index in [2.05, 4.69) is 10.3 Å². The predicted molar refractivity (Wildman–Crippen MR) is 90.2 cm³/mol. The first-order valence-electron chi connectivity index (χ1n) is 8.23. The molecule has 25 heavy (non-hydrogen) atoms. The van der Waals surface area contributed by atoms with Gasteiger partial charge >= 0.3 is 6.18 Å². The largest absolute Gasteiger partial charge is 0.391 e. The maximum Gasteiger partial charge on any atom is 0.391 e. The Balaban J connectivity index is 1.75. The van der Waals surface area contributed by atoms with Crippen LogP contribution in [0.25, 0.3) is 5.13 Å². The molecule has 1 amide bonds. The highest BCUT2D eigenvalue weighted by Crippen LogP contribution is 2.37. The summed E-state index contributed by atoms with van der Waals surface area (Å²) in [4.78, 5) is 16.9. The fraction of sp³-hybridized carbons (Fsp3) is 0.529. The summed E-state index contributed by atoms with van der Waals surface area (Å²) in [7, 11) is 0. The Morgan fingerprint density at radius 3 is 2.76 bits per heavy atom. The first kappa shape index (κ1) is 18.0. The quantitative estimate of drug-likeness (QED) is 0.869. The number of nitrogens with one attached hydrogen (secondary N) is 1. The van der Waals surface area contributed by atoms with E-state index < -0.39 is 18.1 Å². The van der Waals surface area contributed by atoms with Gasteiger partial charge in [-0.3, -0.25) is 9.36 Å². The Labute approximate surface area is 148 Å². The highest BCUT2D eigenvalue weighted by molar-refractivity contribution is 7.12. The minimum Gasteiger partial charge on any atom is -0.349 e. The lowest BCUT2D eigenvalue weighted by molar-refractivity contribution is -0.183. The molecule has 0 radical (unpaired) electrons. The van der Waals surface area contributed by atoms with Crippen molar-refractivity contribution >= 4 is 17.2 Å². The highest BCUT2D eigenvalue weighted by Gasteiger charge is 2.42. The molecule has 0 unspecified atom stereocenters. The number of rotatable bonds is 3. The molecule has 2 aromatic heterocycles. The molecule has 1 fully saturated rings. The summed E-state index contributed by atoms with van der Waals surface area (Å²) >= 11 is 1.46. The average molecular weight is 371 g/mol. The molecule has 8 heteroatoms. The maximum atomic E-state index is 12.9. The summed E-state index contributed by atoms with van der Waals surface area (Å²) in [6.45, 7) is 3.70. The van der Waals surface area contributed by atoms with Gasteiger partial charge in [-0.2, -0.15) is 13.2 Å². The van der Waals surface area contributed by atoms with Crippen LogP contribution in [0.1, 0.15) is 47.4 Å². The van der Waals surface area contributed by atoms with E-state index in [1.807, 2.05) is 23.8 Å². The van der Waals surface area contributed by atoms with Crippen LogP contribution < -0.4 is 5.32 Å². The molecule has 136 valence electrons. The highest BCUT2D eigenvalue weighted by atomic mass is 32.1. The second kappa shape index (κ2) is 6.82. The number of amides is 1. The van der Waals surface area contributed by atoms with E-state index >= 15 is 0 Å². The zero-order valence-corrected chi connectivity index (χ0v) is 14.9. The van der Waals surface area contributed by atoms with Crippen LogP contribution in [0.3, 0.4) is 0 Å². The molecule has 0 bridgehead atoms. The predicted octanol–water partition coefficient (Wildman–Crippen LogP) is 4.40. The van der Waals surface area contributed by atoms with Crippen molar-refractivity contribution in [3.63, 3.8) is 0 Å². The molecular formula is C17H20F3N3OS. The Bertz CT molecular complexity index is 752. The molecule has 2 atom stereocenters. The summed E-state index contributed by atoms with van der Waals surface area (Å²) in [5.74, 6) is -1.64. The molecule has 4 nitrogen and oxygen atoms in total. The van der Waals surface area contributed by atoms with Gasteiger partial charge in [0.1, 0.15) is 0 Å². The van der Waals surface area contributed by atoms with Gasteiger partial charge in [-0.15, -0.1) is 11.3 Å². The number of aromatic nitrogens is 2. The van der Waals surface area contributed by atoms with Crippen LogP contribution in [0.15, 0.2) is 17.6 Å². The number of thiazole rings is 1. The summed E-state index contributed by atoms with van der Waals surface area (Å²) in [5, 5.41) is 5.42. The normalized spacial score (nSPS) is 21.3. The van der Waals surface area contributed by atoms with Crippen molar-refractivity contribution in [1.82, 2.24) is 14.9 Å². The van der Waals surface area contributed by atoms with Crippen molar-refractivity contribution in [2.24, 2.45) is 5.92 Å². The van der Waals surface area contributed by atoms with Crippen molar-refractivity contribution in [1.29, 1.82) is 0 Å². The lowest BCUT2D eigenvalue weighted by Crippen LogP contribution is -2.41. The van der Waals surface area contributed by atoms with Gasteiger partial charge in [0.05, 0.1) is 11.5 Å². The van der Waals surface area contributed by atoms with Crippen LogP contribution in [0, 0.1) is 19.8 Å². The lowest BCUT2D eigenvalue weighted by atomic mass is 9.85. The molecule has 2 heterocycles. The van der Waals surface area contributed by atoms with Gasteiger partial charge < -0.3 is 5.32 Å². The topological polar surface area (TPSA) is 46.9 Å². The number of aryl methyl sites for hydroxylation is 1. The van der Waals surface area contributed by atoms with E-state index in [-0.39, 0.29) is 18.7 Å². The minimum absolute atomic E-state index is 0.0412. The SMILES string of the molecule is Cc1cc(C(=O)N[C@@H]2CCC[C@@H](C(F)(F)F)C2)c(C)n1-c1nccs1.